The lowest BCUT2D eigenvalue weighted by Gasteiger charge is -2.45. The molecule has 1 aromatic rings. The number of piperidine rings is 3. The summed E-state index contributed by atoms with van der Waals surface area (Å²) in [6, 6.07) is 5.06. The number of nitrogen functional groups attached to an aromatic ring is 1. The molecule has 6 nitrogen and oxygen atoms in total. The van der Waals surface area contributed by atoms with Crippen molar-refractivity contribution in [2.24, 2.45) is 11.1 Å². The maximum Gasteiger partial charge on any atom is 0.238 e. The molecule has 4 rings (SSSR count). The van der Waals surface area contributed by atoms with Crippen molar-refractivity contribution in [3.63, 3.8) is 0 Å². The molecular formula is C13H20N4O2S. The van der Waals surface area contributed by atoms with E-state index in [1.165, 1.54) is 32.0 Å². The van der Waals surface area contributed by atoms with Gasteiger partial charge in [0.15, 0.2) is 0 Å². The zero-order chi connectivity index (χ0) is 14.3. The van der Waals surface area contributed by atoms with Crippen LogP contribution in [0.4, 0.5) is 11.4 Å². The van der Waals surface area contributed by atoms with E-state index in [1.807, 2.05) is 0 Å². The van der Waals surface area contributed by atoms with Crippen LogP contribution in [0.15, 0.2) is 23.1 Å². The SMILES string of the molecule is Nc1cc(NC2CN3CCC2CC3)cc(S(N)(=O)=O)c1. The van der Waals surface area contributed by atoms with Crippen LogP contribution in [-0.4, -0.2) is 39.0 Å². The molecule has 3 aliphatic heterocycles. The van der Waals surface area contributed by atoms with E-state index in [2.05, 4.69) is 10.2 Å². The van der Waals surface area contributed by atoms with Gasteiger partial charge in [0, 0.05) is 24.0 Å². The van der Waals surface area contributed by atoms with Crippen LogP contribution >= 0.6 is 0 Å². The Morgan fingerprint density at radius 2 is 1.90 bits per heavy atom. The van der Waals surface area contributed by atoms with Gasteiger partial charge in [0.1, 0.15) is 0 Å². The Morgan fingerprint density at radius 3 is 2.45 bits per heavy atom. The van der Waals surface area contributed by atoms with E-state index >= 15 is 0 Å². The molecule has 0 aromatic heterocycles. The third kappa shape index (κ3) is 2.74. The Morgan fingerprint density at radius 1 is 1.20 bits per heavy atom. The summed E-state index contributed by atoms with van der Waals surface area (Å²) in [6.07, 6.45) is 2.39. The van der Waals surface area contributed by atoms with Crippen molar-refractivity contribution in [2.45, 2.75) is 23.8 Å². The number of hydrogen-bond donors (Lipinski definition) is 3. The van der Waals surface area contributed by atoms with Crippen molar-refractivity contribution >= 4 is 21.4 Å². The van der Waals surface area contributed by atoms with Crippen LogP contribution in [0, 0.1) is 5.92 Å². The molecule has 3 aliphatic rings. The Labute approximate surface area is 119 Å². The van der Waals surface area contributed by atoms with Gasteiger partial charge in [-0.05, 0) is 50.0 Å². The van der Waals surface area contributed by atoms with E-state index in [1.54, 1.807) is 12.1 Å². The summed E-state index contributed by atoms with van der Waals surface area (Å²) in [5, 5.41) is 8.59. The van der Waals surface area contributed by atoms with Gasteiger partial charge in [-0.2, -0.15) is 0 Å². The van der Waals surface area contributed by atoms with E-state index in [0.29, 0.717) is 17.6 Å². The Hall–Kier alpha value is -1.31. The lowest BCUT2D eigenvalue weighted by molar-refractivity contribution is 0.0975. The number of anilines is 2. The van der Waals surface area contributed by atoms with Crippen LogP contribution in [0.5, 0.6) is 0 Å². The zero-order valence-corrected chi connectivity index (χ0v) is 12.1. The topological polar surface area (TPSA) is 101 Å². The predicted molar refractivity (Wildman–Crippen MR) is 78.8 cm³/mol. The molecule has 0 saturated carbocycles. The largest absolute Gasteiger partial charge is 0.399 e. The molecule has 0 amide bonds. The quantitative estimate of drug-likeness (QED) is 0.702. The van der Waals surface area contributed by atoms with Crippen LogP contribution in [-0.2, 0) is 10.0 Å². The van der Waals surface area contributed by atoms with Crippen molar-refractivity contribution in [3.8, 4) is 0 Å². The summed E-state index contributed by atoms with van der Waals surface area (Å²) >= 11 is 0. The predicted octanol–water partition coefficient (Wildman–Crippen LogP) is 0.422. The minimum absolute atomic E-state index is 0.0567. The number of nitrogens with one attached hydrogen (secondary N) is 1. The molecule has 0 aliphatic carbocycles. The minimum Gasteiger partial charge on any atom is -0.399 e. The van der Waals surface area contributed by atoms with E-state index in [-0.39, 0.29) is 4.90 Å². The molecule has 1 aromatic carbocycles. The monoisotopic (exact) mass is 296 g/mol. The maximum atomic E-state index is 11.4. The molecule has 0 radical (unpaired) electrons. The molecule has 7 heteroatoms. The highest BCUT2D eigenvalue weighted by Gasteiger charge is 2.34. The van der Waals surface area contributed by atoms with E-state index in [0.717, 1.165) is 12.2 Å². The second-order valence-electron chi connectivity index (χ2n) is 5.72. The van der Waals surface area contributed by atoms with Gasteiger partial charge in [0.25, 0.3) is 0 Å². The fourth-order valence-corrected chi connectivity index (χ4v) is 3.80. The summed E-state index contributed by atoms with van der Waals surface area (Å²) in [5.41, 5.74) is 6.90. The van der Waals surface area contributed by atoms with Crippen molar-refractivity contribution < 1.29 is 8.42 Å². The van der Waals surface area contributed by atoms with Crippen molar-refractivity contribution in [3.05, 3.63) is 18.2 Å². The van der Waals surface area contributed by atoms with Crippen LogP contribution in [0.25, 0.3) is 0 Å². The first-order valence-electron chi connectivity index (χ1n) is 6.84. The highest BCUT2D eigenvalue weighted by Crippen LogP contribution is 2.30. The van der Waals surface area contributed by atoms with Crippen molar-refractivity contribution in [1.29, 1.82) is 0 Å². The van der Waals surface area contributed by atoms with Gasteiger partial charge in [-0.3, -0.25) is 0 Å². The van der Waals surface area contributed by atoms with Gasteiger partial charge in [0.05, 0.1) is 4.90 Å². The number of sulfonamides is 1. The van der Waals surface area contributed by atoms with Gasteiger partial charge in [-0.25, -0.2) is 13.6 Å². The van der Waals surface area contributed by atoms with E-state index in [9.17, 15) is 8.42 Å². The number of nitrogens with two attached hydrogens (primary N) is 2. The second kappa shape index (κ2) is 4.91. The molecule has 3 heterocycles. The number of primary sulfonamides is 1. The zero-order valence-electron chi connectivity index (χ0n) is 11.2. The van der Waals surface area contributed by atoms with Gasteiger partial charge < -0.3 is 16.0 Å². The molecule has 2 bridgehead atoms. The molecule has 0 spiro atoms. The van der Waals surface area contributed by atoms with E-state index in [4.69, 9.17) is 10.9 Å². The van der Waals surface area contributed by atoms with Gasteiger partial charge in [-0.1, -0.05) is 0 Å². The minimum atomic E-state index is -3.73. The first-order valence-corrected chi connectivity index (χ1v) is 8.39. The standard InChI is InChI=1S/C13H20N4O2S/c14-10-5-11(7-12(6-10)20(15,18)19)16-13-8-17-3-1-9(13)2-4-17/h5-7,9,13,16H,1-4,8,14H2,(H2,15,18,19). The van der Waals surface area contributed by atoms with Crippen molar-refractivity contribution in [1.82, 2.24) is 4.90 Å². The highest BCUT2D eigenvalue weighted by molar-refractivity contribution is 7.89. The Balaban J connectivity index is 1.82. The Kier molecular flexibility index (Phi) is 3.35. The fourth-order valence-electron chi connectivity index (χ4n) is 3.21. The third-order valence-corrected chi connectivity index (χ3v) is 5.16. The smallest absolute Gasteiger partial charge is 0.238 e. The average Bonchev–Trinajstić information content (AvgIpc) is 2.38. The molecule has 3 saturated heterocycles. The molecule has 5 N–H and O–H groups in total. The maximum absolute atomic E-state index is 11.4. The number of nitrogens with zero attached hydrogens (tertiary/aromatic N) is 1. The lowest BCUT2D eigenvalue weighted by atomic mass is 9.84. The lowest BCUT2D eigenvalue weighted by Crippen LogP contribution is -2.53. The van der Waals surface area contributed by atoms with Crippen LogP contribution in [0.2, 0.25) is 0 Å². The molecular weight excluding hydrogens is 276 g/mol. The van der Waals surface area contributed by atoms with Gasteiger partial charge >= 0.3 is 0 Å². The molecule has 1 unspecified atom stereocenters. The van der Waals surface area contributed by atoms with Crippen LogP contribution < -0.4 is 16.2 Å². The summed E-state index contributed by atoms with van der Waals surface area (Å²) in [6.45, 7) is 3.34. The molecule has 3 fully saturated rings. The fraction of sp³-hybridized carbons (Fsp3) is 0.538. The second-order valence-corrected chi connectivity index (χ2v) is 7.29. The summed E-state index contributed by atoms with van der Waals surface area (Å²) in [5.74, 6) is 0.652. The van der Waals surface area contributed by atoms with Crippen molar-refractivity contribution in [2.75, 3.05) is 30.7 Å². The number of hydrogen-bond acceptors (Lipinski definition) is 5. The number of fused-ring (bicyclic) bond motifs is 3. The van der Waals surface area contributed by atoms with Crippen LogP contribution in [0.1, 0.15) is 12.8 Å². The number of benzene rings is 1. The molecule has 20 heavy (non-hydrogen) atoms. The van der Waals surface area contributed by atoms with Crippen LogP contribution in [0.3, 0.4) is 0 Å². The Bertz CT molecular complexity index is 609. The normalized spacial score (nSPS) is 29.4. The van der Waals surface area contributed by atoms with Gasteiger partial charge in [-0.15, -0.1) is 0 Å². The highest BCUT2D eigenvalue weighted by atomic mass is 32.2. The number of rotatable bonds is 3. The van der Waals surface area contributed by atoms with Gasteiger partial charge in [0.2, 0.25) is 10.0 Å². The summed E-state index contributed by atoms with van der Waals surface area (Å²) in [4.78, 5) is 2.49. The first-order chi connectivity index (χ1) is 9.41. The summed E-state index contributed by atoms with van der Waals surface area (Å²) < 4.78 is 22.9. The van der Waals surface area contributed by atoms with E-state index < -0.39 is 10.0 Å². The third-order valence-electron chi connectivity index (χ3n) is 4.27. The summed E-state index contributed by atoms with van der Waals surface area (Å²) in [7, 11) is -3.73. The molecule has 110 valence electrons. The first kappa shape index (κ1) is 13.7. The molecule has 1 atom stereocenters. The average molecular weight is 296 g/mol.